The van der Waals surface area contributed by atoms with Crippen LogP contribution in [0, 0.1) is 0 Å². The molecule has 1 aliphatic rings. The number of hydrogen-bond acceptors (Lipinski definition) is 6. The van der Waals surface area contributed by atoms with Crippen LogP contribution in [-0.2, 0) is 5.41 Å². The minimum atomic E-state index is -0.202. The number of benzene rings is 21. The molecule has 0 bridgehead atoms. The van der Waals surface area contributed by atoms with E-state index in [9.17, 15) is 0 Å². The normalized spacial score (nSPS) is 12.6. The van der Waals surface area contributed by atoms with E-state index >= 15 is 0 Å². The summed E-state index contributed by atoms with van der Waals surface area (Å²) in [4.78, 5) is 0. The summed E-state index contributed by atoms with van der Waals surface area (Å²) in [7, 11) is 0. The first-order valence-electron chi connectivity index (χ1n) is 47.1. The van der Waals surface area contributed by atoms with Crippen molar-refractivity contribution in [3.8, 4) is 83.8 Å². The van der Waals surface area contributed by atoms with Gasteiger partial charge < -0.3 is 40.2 Å². The Balaban J connectivity index is 0.0000000999. The maximum atomic E-state index is 6.62. The summed E-state index contributed by atoms with van der Waals surface area (Å²) in [5.41, 5.74) is 37.9. The number of para-hydroxylation sites is 11. The molecular formula is C129H79N3O6. The second-order valence-electron chi connectivity index (χ2n) is 37.1. The van der Waals surface area contributed by atoms with Crippen molar-refractivity contribution in [3.63, 3.8) is 0 Å². The van der Waals surface area contributed by atoms with E-state index in [-0.39, 0.29) is 5.41 Å². The van der Waals surface area contributed by atoms with Gasteiger partial charge in [0.15, 0.2) is 16.7 Å². The molecule has 9 heteroatoms. The number of fused-ring (bicyclic) bond motifs is 33. The lowest BCUT2D eigenvalue weighted by molar-refractivity contribution is 0.659. The monoisotopic (exact) mass is 1770 g/mol. The molecule has 30 aromatic rings. The van der Waals surface area contributed by atoms with Crippen molar-refractivity contribution >= 4 is 197 Å². The van der Waals surface area contributed by atoms with Crippen LogP contribution in [0.3, 0.4) is 0 Å². The van der Waals surface area contributed by atoms with Gasteiger partial charge >= 0.3 is 0 Å². The Morgan fingerprint density at radius 2 is 0.428 bits per heavy atom. The molecular weight excluding hydrogens is 1690 g/mol. The Bertz CT molecular complexity index is 10300. The van der Waals surface area contributed by atoms with Crippen LogP contribution in [0.2, 0.25) is 0 Å². The van der Waals surface area contributed by atoms with Gasteiger partial charge in [0.25, 0.3) is 0 Å². The first-order valence-corrected chi connectivity index (χ1v) is 47.1. The molecule has 646 valence electrons. The summed E-state index contributed by atoms with van der Waals surface area (Å²) in [5.74, 6) is 0. The zero-order chi connectivity index (χ0) is 90.7. The smallest absolute Gasteiger partial charge is 0.160 e. The van der Waals surface area contributed by atoms with Gasteiger partial charge in [-0.3, -0.25) is 0 Å². The van der Waals surface area contributed by atoms with Gasteiger partial charge in [-0.15, -0.1) is 0 Å². The average molecular weight is 1770 g/mol. The maximum Gasteiger partial charge on any atom is 0.160 e. The highest BCUT2D eigenvalue weighted by atomic mass is 16.3. The molecule has 0 fully saturated rings. The summed E-state index contributed by atoms with van der Waals surface area (Å²) in [6.07, 6.45) is 0. The standard InChI is InChI=1S/C45H29NO2.2C42H25NO2/c1-45(2)37-24-26(28-13-9-14-35-32-11-4-7-16-40(32)47-43(28)35)18-20-29(37)30-21-19-27(25-38(30)45)46-39-15-6-3-10-31(39)34-22-23-36-33-12-5-8-17-41(33)48-44(36)42(34)46;1-4-10-37-31(7-1)34-22-23-35-32-8-2-6-12-39(32)45-42(35)41(34)43(37)30-20-17-27(18-21-30)26-13-15-28(16-14-26)29-19-24-40-36(25-29)33-9-3-5-11-38(33)44-40;1-4-13-37-31(8-1)34-24-25-36-33-10-3-6-15-39(33)45-42(36)40(34)43(37)29-22-20-27(21-23-29)26-16-18-28(19-17-26)30-11-7-12-35-32-9-2-5-14-38(32)44-41(30)35/h3-25H,1-2H3;2*1-25H. The fourth-order valence-corrected chi connectivity index (χ4v) is 22.7. The van der Waals surface area contributed by atoms with E-state index in [0.717, 1.165) is 187 Å². The minimum absolute atomic E-state index is 0.202. The summed E-state index contributed by atoms with van der Waals surface area (Å²) in [6.45, 7) is 4.71. The second kappa shape index (κ2) is 29.9. The van der Waals surface area contributed by atoms with Crippen molar-refractivity contribution in [2.45, 2.75) is 19.3 Å². The Labute approximate surface area is 788 Å². The number of aromatic nitrogens is 3. The number of hydrogen-bond donors (Lipinski definition) is 0. The van der Waals surface area contributed by atoms with Crippen LogP contribution >= 0.6 is 0 Å². The van der Waals surface area contributed by atoms with Crippen LogP contribution in [0.1, 0.15) is 25.0 Å². The molecule has 0 amide bonds. The van der Waals surface area contributed by atoms with Gasteiger partial charge in [-0.2, -0.15) is 0 Å². The van der Waals surface area contributed by atoms with Gasteiger partial charge in [-0.1, -0.05) is 329 Å². The zero-order valence-electron chi connectivity index (χ0n) is 74.9. The molecule has 0 radical (unpaired) electrons. The van der Waals surface area contributed by atoms with E-state index < -0.39 is 0 Å². The first kappa shape index (κ1) is 77.4. The van der Waals surface area contributed by atoms with Gasteiger partial charge in [0.05, 0.1) is 33.1 Å². The third-order valence-corrected chi connectivity index (χ3v) is 29.3. The van der Waals surface area contributed by atoms with Crippen LogP contribution in [0.15, 0.2) is 469 Å². The minimum Gasteiger partial charge on any atom is -0.456 e. The molecule has 21 aromatic carbocycles. The first-order chi connectivity index (χ1) is 68.2. The molecule has 0 saturated carbocycles. The SMILES string of the molecule is CC1(C)c2cc(-c3cccc4c3oc3ccccc34)ccc2-c2ccc(-n3c4ccccc4c4ccc5c6ccccc6oc5c43)cc21.c1ccc2c(c1)oc1c(-c3ccc(-c4ccc(-n5c6ccccc6c6ccc7c8ccccc8oc7c65)cc4)cc3)cccc12.c1ccc2c(c1)oc1ccc(-c3ccc(-c4ccc(-n5c6ccccc6c6ccc7c8ccccc8oc7c65)cc4)cc3)cc12. The molecule has 0 atom stereocenters. The lowest BCUT2D eigenvalue weighted by Gasteiger charge is -2.23. The molecule has 9 aromatic heterocycles. The molecule has 31 rings (SSSR count). The highest BCUT2D eigenvalue weighted by Gasteiger charge is 2.37. The van der Waals surface area contributed by atoms with Crippen molar-refractivity contribution in [2.75, 3.05) is 0 Å². The van der Waals surface area contributed by atoms with Gasteiger partial charge in [0.1, 0.15) is 50.2 Å². The van der Waals surface area contributed by atoms with Crippen molar-refractivity contribution < 1.29 is 26.5 Å². The molecule has 1 aliphatic carbocycles. The van der Waals surface area contributed by atoms with E-state index in [1.54, 1.807) is 0 Å². The van der Waals surface area contributed by atoms with Crippen molar-refractivity contribution in [3.05, 3.63) is 454 Å². The third kappa shape index (κ3) is 11.7. The predicted octanol–water partition coefficient (Wildman–Crippen LogP) is 36.4. The van der Waals surface area contributed by atoms with Gasteiger partial charge in [-0.25, -0.2) is 0 Å². The molecule has 9 heterocycles. The number of rotatable bonds is 8. The van der Waals surface area contributed by atoms with E-state index in [0.29, 0.717) is 0 Å². The van der Waals surface area contributed by atoms with Crippen LogP contribution < -0.4 is 0 Å². The van der Waals surface area contributed by atoms with Crippen molar-refractivity contribution in [1.82, 2.24) is 13.7 Å². The molecule has 0 saturated heterocycles. The zero-order valence-corrected chi connectivity index (χ0v) is 74.9. The molecule has 0 unspecified atom stereocenters. The van der Waals surface area contributed by atoms with Gasteiger partial charge in [0.2, 0.25) is 0 Å². The Morgan fingerprint density at radius 3 is 0.841 bits per heavy atom. The van der Waals surface area contributed by atoms with E-state index in [1.165, 1.54) is 105 Å². The van der Waals surface area contributed by atoms with Crippen molar-refractivity contribution in [2.24, 2.45) is 0 Å². The van der Waals surface area contributed by atoms with E-state index in [1.807, 2.05) is 60.7 Å². The summed E-state index contributed by atoms with van der Waals surface area (Å²) in [5, 5.41) is 21.0. The van der Waals surface area contributed by atoms with E-state index in [4.69, 9.17) is 26.5 Å². The van der Waals surface area contributed by atoms with Crippen molar-refractivity contribution in [1.29, 1.82) is 0 Å². The summed E-state index contributed by atoms with van der Waals surface area (Å²) in [6, 6.07) is 158. The number of furan rings is 6. The third-order valence-electron chi connectivity index (χ3n) is 29.3. The summed E-state index contributed by atoms with van der Waals surface area (Å²) >= 11 is 0. The highest BCUT2D eigenvalue weighted by Crippen LogP contribution is 2.54. The fourth-order valence-electron chi connectivity index (χ4n) is 22.7. The van der Waals surface area contributed by atoms with Crippen LogP contribution in [0.4, 0.5) is 0 Å². The summed E-state index contributed by atoms with van der Waals surface area (Å²) < 4.78 is 45.5. The molecule has 138 heavy (non-hydrogen) atoms. The van der Waals surface area contributed by atoms with Gasteiger partial charge in [0, 0.05) is 131 Å². The lowest BCUT2D eigenvalue weighted by atomic mass is 9.81. The van der Waals surface area contributed by atoms with E-state index in [2.05, 4.69) is 410 Å². The van der Waals surface area contributed by atoms with Gasteiger partial charge in [-0.05, 0) is 194 Å². The van der Waals surface area contributed by atoms with Crippen LogP contribution in [0.5, 0.6) is 0 Å². The Morgan fingerprint density at radius 1 is 0.159 bits per heavy atom. The van der Waals surface area contributed by atoms with Crippen LogP contribution in [-0.4, -0.2) is 13.7 Å². The Kier molecular flexibility index (Phi) is 16.8. The molecule has 9 nitrogen and oxygen atoms in total. The highest BCUT2D eigenvalue weighted by molar-refractivity contribution is 6.25. The lowest BCUT2D eigenvalue weighted by Crippen LogP contribution is -2.15. The average Bonchev–Trinajstić information content (AvgIpc) is 1.56. The molecule has 0 aliphatic heterocycles. The van der Waals surface area contributed by atoms with Crippen LogP contribution in [0.25, 0.3) is 281 Å². The fraction of sp³-hybridized carbons (Fsp3) is 0.0233. The molecule has 0 N–H and O–H groups in total. The second-order valence-corrected chi connectivity index (χ2v) is 37.1. The quantitative estimate of drug-likeness (QED) is 0.150. The largest absolute Gasteiger partial charge is 0.456 e. The number of nitrogens with zero attached hydrogens (tertiary/aromatic N) is 3. The topological polar surface area (TPSA) is 93.6 Å². The predicted molar refractivity (Wildman–Crippen MR) is 571 cm³/mol. The maximum absolute atomic E-state index is 6.62. The Hall–Kier alpha value is -18.2. The molecule has 0 spiro atoms.